The van der Waals surface area contributed by atoms with Crippen molar-refractivity contribution in [3.63, 3.8) is 0 Å². The number of aliphatic hydroxyl groups is 1. The Bertz CT molecular complexity index is 291. The van der Waals surface area contributed by atoms with Crippen molar-refractivity contribution in [2.75, 3.05) is 7.11 Å². The maximum Gasteiger partial charge on any atom is 0.330 e. The zero-order chi connectivity index (χ0) is 11.9. The van der Waals surface area contributed by atoms with Crippen molar-refractivity contribution in [2.24, 2.45) is 0 Å². The minimum Gasteiger partial charge on any atom is -0.466 e. The zero-order valence-corrected chi connectivity index (χ0v) is 10.7. The largest absolute Gasteiger partial charge is 0.466 e. The molecule has 0 aromatic heterocycles. The molecule has 0 aliphatic rings. The van der Waals surface area contributed by atoms with Gasteiger partial charge in [-0.15, -0.1) is 5.54 Å². The van der Waals surface area contributed by atoms with Crippen molar-refractivity contribution in [3.05, 3.63) is 12.2 Å². The fourth-order valence-corrected chi connectivity index (χ4v) is 1.32. The van der Waals surface area contributed by atoms with Gasteiger partial charge in [0.2, 0.25) is 0 Å². The first-order chi connectivity index (χ1) is 6.85. The summed E-state index contributed by atoms with van der Waals surface area (Å²) in [6.45, 7) is 6.32. The molecule has 0 unspecified atom stereocenters. The topological polar surface area (TPSA) is 46.5 Å². The van der Waals surface area contributed by atoms with Gasteiger partial charge in [-0.1, -0.05) is 31.6 Å². The molecule has 0 saturated heterocycles. The summed E-state index contributed by atoms with van der Waals surface area (Å²) in [5.41, 5.74) is 3.06. The summed E-state index contributed by atoms with van der Waals surface area (Å²) in [6.07, 6.45) is 2.51. The van der Waals surface area contributed by atoms with Crippen LogP contribution in [0.25, 0.3) is 0 Å². The molecule has 0 spiro atoms. The van der Waals surface area contributed by atoms with Crippen LogP contribution in [0.4, 0.5) is 0 Å². The van der Waals surface area contributed by atoms with Crippen LogP contribution >= 0.6 is 0 Å². The van der Waals surface area contributed by atoms with Crippen LogP contribution in [0.15, 0.2) is 12.2 Å². The van der Waals surface area contributed by atoms with E-state index in [1.54, 1.807) is 6.08 Å². The number of hydrogen-bond acceptors (Lipinski definition) is 3. The SMILES string of the molecule is COC(=O)/C=C/C[C@@H](O)C#C[Si](C)(C)C. The van der Waals surface area contributed by atoms with Crippen LogP contribution in [-0.2, 0) is 9.53 Å². The summed E-state index contributed by atoms with van der Waals surface area (Å²) in [7, 11) is -0.111. The quantitative estimate of drug-likeness (QED) is 0.342. The number of hydrogen-bond donors (Lipinski definition) is 1. The van der Waals surface area contributed by atoms with Gasteiger partial charge in [-0.2, -0.15) is 0 Å². The van der Waals surface area contributed by atoms with Crippen molar-refractivity contribution in [1.82, 2.24) is 0 Å². The molecule has 0 bridgehead atoms. The summed E-state index contributed by atoms with van der Waals surface area (Å²) in [6, 6.07) is 0. The first-order valence-corrected chi connectivity index (χ1v) is 8.30. The van der Waals surface area contributed by atoms with Crippen molar-refractivity contribution in [2.45, 2.75) is 32.2 Å². The number of ether oxygens (including phenoxy) is 1. The maximum absolute atomic E-state index is 10.7. The molecule has 0 aromatic rings. The lowest BCUT2D eigenvalue weighted by Crippen LogP contribution is -2.17. The molecular formula is C11H18O3Si. The average molecular weight is 226 g/mol. The number of carbonyl (C=O) groups excluding carboxylic acids is 1. The summed E-state index contributed by atoms with van der Waals surface area (Å²) in [5.74, 6) is 2.36. The Balaban J connectivity index is 4.04. The zero-order valence-electron chi connectivity index (χ0n) is 9.70. The average Bonchev–Trinajstić information content (AvgIpc) is 2.13. The van der Waals surface area contributed by atoms with Crippen molar-refractivity contribution in [3.8, 4) is 11.5 Å². The first-order valence-electron chi connectivity index (χ1n) is 4.80. The van der Waals surface area contributed by atoms with Gasteiger partial charge in [-0.25, -0.2) is 4.79 Å². The molecule has 15 heavy (non-hydrogen) atoms. The third kappa shape index (κ3) is 9.26. The molecule has 3 nitrogen and oxygen atoms in total. The van der Waals surface area contributed by atoms with Gasteiger partial charge in [-0.05, 0) is 0 Å². The minimum absolute atomic E-state index is 0.354. The highest BCUT2D eigenvalue weighted by atomic mass is 28.3. The van der Waals surface area contributed by atoms with Crippen molar-refractivity contribution >= 4 is 14.0 Å². The fraction of sp³-hybridized carbons (Fsp3) is 0.545. The number of methoxy groups -OCH3 is 1. The Hall–Kier alpha value is -1.05. The van der Waals surface area contributed by atoms with Crippen LogP contribution in [0.5, 0.6) is 0 Å². The van der Waals surface area contributed by atoms with Crippen molar-refractivity contribution < 1.29 is 14.6 Å². The van der Waals surface area contributed by atoms with E-state index in [1.165, 1.54) is 13.2 Å². The second-order valence-corrected chi connectivity index (χ2v) is 8.95. The Morgan fingerprint density at radius 3 is 2.60 bits per heavy atom. The van der Waals surface area contributed by atoms with E-state index in [2.05, 4.69) is 35.8 Å². The van der Waals surface area contributed by atoms with E-state index < -0.39 is 20.1 Å². The Morgan fingerprint density at radius 2 is 2.13 bits per heavy atom. The van der Waals surface area contributed by atoms with E-state index in [9.17, 15) is 9.90 Å². The summed E-state index contributed by atoms with van der Waals surface area (Å²) in [4.78, 5) is 10.7. The van der Waals surface area contributed by atoms with Gasteiger partial charge in [0, 0.05) is 12.5 Å². The highest BCUT2D eigenvalue weighted by Crippen LogP contribution is 1.98. The Morgan fingerprint density at radius 1 is 1.53 bits per heavy atom. The number of carbonyl (C=O) groups is 1. The smallest absolute Gasteiger partial charge is 0.330 e. The molecule has 0 aliphatic heterocycles. The van der Waals surface area contributed by atoms with Crippen molar-refractivity contribution in [1.29, 1.82) is 0 Å². The molecule has 1 N–H and O–H groups in total. The van der Waals surface area contributed by atoms with Crippen LogP contribution in [0.2, 0.25) is 19.6 Å². The lowest BCUT2D eigenvalue weighted by molar-refractivity contribution is -0.134. The molecule has 0 aliphatic carbocycles. The molecule has 0 radical (unpaired) electrons. The summed E-state index contributed by atoms with van der Waals surface area (Å²) < 4.78 is 4.41. The van der Waals surface area contributed by atoms with E-state index in [1.807, 2.05) is 0 Å². The van der Waals surface area contributed by atoms with Gasteiger partial charge in [0.1, 0.15) is 14.2 Å². The van der Waals surface area contributed by atoms with Gasteiger partial charge in [-0.3, -0.25) is 0 Å². The number of rotatable bonds is 3. The van der Waals surface area contributed by atoms with Gasteiger partial charge in [0.25, 0.3) is 0 Å². The molecule has 0 fully saturated rings. The first kappa shape index (κ1) is 13.9. The van der Waals surface area contributed by atoms with Crippen LogP contribution in [-0.4, -0.2) is 32.4 Å². The van der Waals surface area contributed by atoms with E-state index in [-0.39, 0.29) is 0 Å². The predicted molar refractivity (Wildman–Crippen MR) is 62.9 cm³/mol. The predicted octanol–water partition coefficient (Wildman–Crippen LogP) is 1.35. The molecular weight excluding hydrogens is 208 g/mol. The molecule has 0 rings (SSSR count). The second-order valence-electron chi connectivity index (χ2n) is 4.20. The Labute approximate surface area is 92.1 Å². The number of esters is 1. The van der Waals surface area contributed by atoms with Crippen LogP contribution < -0.4 is 0 Å². The van der Waals surface area contributed by atoms with Gasteiger partial charge >= 0.3 is 5.97 Å². The van der Waals surface area contributed by atoms with E-state index >= 15 is 0 Å². The highest BCUT2D eigenvalue weighted by molar-refractivity contribution is 6.83. The lowest BCUT2D eigenvalue weighted by Gasteiger charge is -2.05. The maximum atomic E-state index is 10.7. The summed E-state index contributed by atoms with van der Waals surface area (Å²) in [5, 5.41) is 9.44. The normalized spacial score (nSPS) is 13.1. The van der Waals surface area contributed by atoms with E-state index in [4.69, 9.17) is 0 Å². The van der Waals surface area contributed by atoms with Crippen LogP contribution in [0.1, 0.15) is 6.42 Å². The molecule has 4 heteroatoms. The molecule has 0 saturated carbocycles. The second kappa shape index (κ2) is 6.43. The van der Waals surface area contributed by atoms with E-state index in [0.29, 0.717) is 6.42 Å². The standard InChI is InChI=1S/C11H18O3Si/c1-14-11(13)7-5-6-10(12)8-9-15(2,3)4/h5,7,10,12H,6H2,1-4H3/b7-5+/t10-/m1/s1. The molecule has 0 aromatic carbocycles. The number of aliphatic hydroxyl groups excluding tert-OH is 1. The molecule has 0 amide bonds. The summed E-state index contributed by atoms with van der Waals surface area (Å²) >= 11 is 0. The third-order valence-corrected chi connectivity index (χ3v) is 2.32. The lowest BCUT2D eigenvalue weighted by atomic mass is 10.2. The van der Waals surface area contributed by atoms with Crippen LogP contribution in [0, 0.1) is 11.5 Å². The van der Waals surface area contributed by atoms with Crippen LogP contribution in [0.3, 0.4) is 0 Å². The molecule has 0 heterocycles. The van der Waals surface area contributed by atoms with Gasteiger partial charge in [0.05, 0.1) is 7.11 Å². The Kier molecular flexibility index (Phi) is 5.98. The molecule has 1 atom stereocenters. The third-order valence-electron chi connectivity index (χ3n) is 1.43. The minimum atomic E-state index is -1.42. The van der Waals surface area contributed by atoms with Gasteiger partial charge in [0.15, 0.2) is 0 Å². The highest BCUT2D eigenvalue weighted by Gasteiger charge is 2.08. The van der Waals surface area contributed by atoms with Gasteiger partial charge < -0.3 is 9.84 Å². The fourth-order valence-electron chi connectivity index (χ4n) is 0.720. The molecule has 84 valence electrons. The monoisotopic (exact) mass is 226 g/mol. The van der Waals surface area contributed by atoms with E-state index in [0.717, 1.165) is 0 Å².